The van der Waals surface area contributed by atoms with E-state index in [0.717, 1.165) is 4.47 Å². The largest absolute Gasteiger partial charge is 0.548 e. The van der Waals surface area contributed by atoms with E-state index in [1.165, 1.54) is 4.68 Å². The molecule has 0 aromatic carbocycles. The second kappa shape index (κ2) is 3.71. The van der Waals surface area contributed by atoms with Crippen LogP contribution in [-0.2, 0) is 4.79 Å². The fourth-order valence-corrected chi connectivity index (χ4v) is 1.25. The fourth-order valence-electron chi connectivity index (χ4n) is 0.947. The minimum absolute atomic E-state index is 0.469. The van der Waals surface area contributed by atoms with Gasteiger partial charge in [-0.3, -0.25) is 4.68 Å². The molecule has 0 saturated heterocycles. The quantitative estimate of drug-likeness (QED) is 0.755. The number of hydrogen-bond donors (Lipinski definition) is 0. The van der Waals surface area contributed by atoms with Crippen LogP contribution in [0.2, 0.25) is 0 Å². The summed E-state index contributed by atoms with van der Waals surface area (Å²) in [6.07, 6.45) is 3.63. The Morgan fingerprint density at radius 2 is 2.58 bits per heavy atom. The molecule has 1 rings (SSSR count). The molecule has 0 spiro atoms. The molecule has 0 radical (unpaired) electrons. The average molecular weight is 232 g/mol. The van der Waals surface area contributed by atoms with Crippen LogP contribution in [0.4, 0.5) is 0 Å². The van der Waals surface area contributed by atoms with Crippen molar-refractivity contribution in [3.63, 3.8) is 0 Å². The standard InChI is InChI=1S/C7H9BrN2O2/c1-2-6(7(11)12)10-4-5(8)3-9-10/h3-4,6H,2H2,1H3,(H,11,12)/p-1/t6-/m0/s1. The maximum absolute atomic E-state index is 10.6. The highest BCUT2D eigenvalue weighted by Gasteiger charge is 2.09. The lowest BCUT2D eigenvalue weighted by atomic mass is 10.2. The minimum Gasteiger partial charge on any atom is -0.548 e. The molecule has 1 heterocycles. The van der Waals surface area contributed by atoms with Crippen LogP contribution in [0.3, 0.4) is 0 Å². The van der Waals surface area contributed by atoms with Crippen molar-refractivity contribution in [3.05, 3.63) is 16.9 Å². The predicted molar refractivity (Wildman–Crippen MR) is 44.3 cm³/mol. The van der Waals surface area contributed by atoms with Crippen molar-refractivity contribution >= 4 is 21.9 Å². The molecule has 0 N–H and O–H groups in total. The maximum atomic E-state index is 10.6. The van der Waals surface area contributed by atoms with Gasteiger partial charge in [-0.05, 0) is 22.4 Å². The lowest BCUT2D eigenvalue weighted by Gasteiger charge is -2.15. The highest BCUT2D eigenvalue weighted by Crippen LogP contribution is 2.13. The number of carboxylic acid groups (broad SMARTS) is 1. The van der Waals surface area contributed by atoms with E-state index in [-0.39, 0.29) is 0 Å². The Hall–Kier alpha value is -0.840. The van der Waals surface area contributed by atoms with Gasteiger partial charge in [0.2, 0.25) is 0 Å². The Bertz CT molecular complexity index is 285. The van der Waals surface area contributed by atoms with Crippen LogP contribution < -0.4 is 5.11 Å². The third kappa shape index (κ3) is 1.85. The van der Waals surface area contributed by atoms with Gasteiger partial charge in [-0.2, -0.15) is 5.10 Å². The molecule has 5 heteroatoms. The smallest absolute Gasteiger partial charge is 0.0910 e. The molecular weight excluding hydrogens is 224 g/mol. The van der Waals surface area contributed by atoms with Crippen molar-refractivity contribution in [2.75, 3.05) is 0 Å². The molecule has 0 aliphatic heterocycles. The van der Waals surface area contributed by atoms with Gasteiger partial charge in [-0.1, -0.05) is 6.92 Å². The van der Waals surface area contributed by atoms with Gasteiger partial charge in [0.1, 0.15) is 0 Å². The predicted octanol–water partition coefficient (Wildman–Crippen LogP) is 0.347. The molecule has 0 bridgehead atoms. The van der Waals surface area contributed by atoms with Gasteiger partial charge in [0.05, 0.1) is 22.7 Å². The van der Waals surface area contributed by atoms with Gasteiger partial charge in [0, 0.05) is 6.20 Å². The topological polar surface area (TPSA) is 57.9 Å². The van der Waals surface area contributed by atoms with Crippen LogP contribution in [0.1, 0.15) is 19.4 Å². The maximum Gasteiger partial charge on any atom is 0.0910 e. The zero-order chi connectivity index (χ0) is 9.14. The molecule has 12 heavy (non-hydrogen) atoms. The second-order valence-electron chi connectivity index (χ2n) is 2.38. The van der Waals surface area contributed by atoms with Gasteiger partial charge in [-0.15, -0.1) is 0 Å². The van der Waals surface area contributed by atoms with Crippen LogP contribution in [0.5, 0.6) is 0 Å². The summed E-state index contributed by atoms with van der Waals surface area (Å²) >= 11 is 3.18. The lowest BCUT2D eigenvalue weighted by Crippen LogP contribution is -2.33. The summed E-state index contributed by atoms with van der Waals surface area (Å²) in [5, 5.41) is 14.4. The molecule has 0 fully saturated rings. The highest BCUT2D eigenvalue weighted by atomic mass is 79.9. The van der Waals surface area contributed by atoms with E-state index in [9.17, 15) is 9.90 Å². The number of aliphatic carboxylic acids is 1. The monoisotopic (exact) mass is 231 g/mol. The molecule has 0 amide bonds. The zero-order valence-electron chi connectivity index (χ0n) is 6.53. The number of hydrogen-bond acceptors (Lipinski definition) is 3. The van der Waals surface area contributed by atoms with E-state index in [1.807, 2.05) is 0 Å². The first-order valence-corrected chi connectivity index (χ1v) is 4.35. The van der Waals surface area contributed by atoms with Crippen LogP contribution >= 0.6 is 15.9 Å². The third-order valence-corrected chi connectivity index (χ3v) is 1.96. The van der Waals surface area contributed by atoms with E-state index >= 15 is 0 Å². The van der Waals surface area contributed by atoms with Crippen molar-refractivity contribution in [1.29, 1.82) is 0 Å². The number of aromatic nitrogens is 2. The highest BCUT2D eigenvalue weighted by molar-refractivity contribution is 9.10. The van der Waals surface area contributed by atoms with Gasteiger partial charge in [0.15, 0.2) is 0 Å². The molecule has 4 nitrogen and oxygen atoms in total. The Labute approximate surface area is 78.3 Å². The Morgan fingerprint density at radius 1 is 1.92 bits per heavy atom. The van der Waals surface area contributed by atoms with Crippen molar-refractivity contribution in [2.24, 2.45) is 0 Å². The first-order chi connectivity index (χ1) is 5.65. The summed E-state index contributed by atoms with van der Waals surface area (Å²) in [7, 11) is 0. The van der Waals surface area contributed by atoms with Crippen LogP contribution in [-0.4, -0.2) is 15.7 Å². The van der Waals surface area contributed by atoms with Gasteiger partial charge >= 0.3 is 0 Å². The minimum atomic E-state index is -1.10. The fraction of sp³-hybridized carbons (Fsp3) is 0.429. The third-order valence-electron chi connectivity index (χ3n) is 1.55. The van der Waals surface area contributed by atoms with E-state index in [2.05, 4.69) is 21.0 Å². The van der Waals surface area contributed by atoms with Crippen molar-refractivity contribution < 1.29 is 9.90 Å². The van der Waals surface area contributed by atoms with E-state index in [1.54, 1.807) is 19.3 Å². The van der Waals surface area contributed by atoms with Crippen LogP contribution in [0.25, 0.3) is 0 Å². The molecule has 0 unspecified atom stereocenters. The number of rotatable bonds is 3. The van der Waals surface area contributed by atoms with Gasteiger partial charge < -0.3 is 9.90 Å². The summed E-state index contributed by atoms with van der Waals surface area (Å²) < 4.78 is 2.14. The molecule has 0 aliphatic rings. The van der Waals surface area contributed by atoms with Crippen LogP contribution in [0, 0.1) is 0 Å². The molecule has 1 atom stereocenters. The summed E-state index contributed by atoms with van der Waals surface area (Å²) in [6, 6.07) is -0.670. The van der Waals surface area contributed by atoms with E-state index in [4.69, 9.17) is 0 Å². The summed E-state index contributed by atoms with van der Waals surface area (Å²) in [5.41, 5.74) is 0. The van der Waals surface area contributed by atoms with Crippen LogP contribution in [0.15, 0.2) is 16.9 Å². The number of nitrogens with zero attached hydrogens (tertiary/aromatic N) is 2. The summed E-state index contributed by atoms with van der Waals surface area (Å²) in [5.74, 6) is -1.10. The molecule has 1 aromatic heterocycles. The SMILES string of the molecule is CC[C@@H](C(=O)[O-])n1cc(Br)cn1. The van der Waals surface area contributed by atoms with Gasteiger partial charge in [0.25, 0.3) is 0 Å². The second-order valence-corrected chi connectivity index (χ2v) is 3.30. The first kappa shape index (κ1) is 9.25. The Morgan fingerprint density at radius 3 is 2.92 bits per heavy atom. The first-order valence-electron chi connectivity index (χ1n) is 3.55. The molecule has 0 saturated carbocycles. The Balaban J connectivity index is 2.87. The summed E-state index contributed by atoms with van der Waals surface area (Å²) in [6.45, 7) is 1.77. The molecular formula is C7H8BrN2O2-. The van der Waals surface area contributed by atoms with Crippen molar-refractivity contribution in [2.45, 2.75) is 19.4 Å². The molecule has 66 valence electrons. The lowest BCUT2D eigenvalue weighted by molar-refractivity contribution is -0.310. The Kier molecular flexibility index (Phi) is 2.86. The number of carbonyl (C=O) groups is 1. The molecule has 0 aliphatic carbocycles. The number of halogens is 1. The van der Waals surface area contributed by atoms with E-state index in [0.29, 0.717) is 6.42 Å². The summed E-state index contributed by atoms with van der Waals surface area (Å²) in [4.78, 5) is 10.6. The number of carboxylic acids is 1. The van der Waals surface area contributed by atoms with Crippen molar-refractivity contribution in [1.82, 2.24) is 9.78 Å². The van der Waals surface area contributed by atoms with E-state index < -0.39 is 12.0 Å². The molecule has 1 aromatic rings. The van der Waals surface area contributed by atoms with Gasteiger partial charge in [-0.25, -0.2) is 0 Å². The van der Waals surface area contributed by atoms with Crippen molar-refractivity contribution in [3.8, 4) is 0 Å². The zero-order valence-corrected chi connectivity index (χ0v) is 8.11. The normalized spacial score (nSPS) is 12.8. The average Bonchev–Trinajstić information content (AvgIpc) is 2.37. The number of carbonyl (C=O) groups excluding carboxylic acids is 1.